The van der Waals surface area contributed by atoms with E-state index in [2.05, 4.69) is 23.8 Å². The Hall–Kier alpha value is -2.29. The van der Waals surface area contributed by atoms with Gasteiger partial charge in [-0.3, -0.25) is 4.79 Å². The lowest BCUT2D eigenvalue weighted by Crippen LogP contribution is -2.10. The lowest BCUT2D eigenvalue weighted by Gasteiger charge is -2.14. The minimum atomic E-state index is -0.226. The molecule has 0 atom stereocenters. The first-order chi connectivity index (χ1) is 8.97. The minimum Gasteiger partial charge on any atom is -0.357 e. The van der Waals surface area contributed by atoms with Crippen molar-refractivity contribution in [1.29, 1.82) is 0 Å². The second-order valence-electron chi connectivity index (χ2n) is 4.38. The second kappa shape index (κ2) is 6.59. The normalized spacial score (nSPS) is 11.3. The predicted molar refractivity (Wildman–Crippen MR) is 82.2 cm³/mol. The number of benzene rings is 1. The molecular weight excluding hydrogens is 236 g/mol. The van der Waals surface area contributed by atoms with Crippen molar-refractivity contribution in [3.05, 3.63) is 60.3 Å². The highest BCUT2D eigenvalue weighted by Gasteiger charge is 2.06. The summed E-state index contributed by atoms with van der Waals surface area (Å²) in [5.74, 6) is -0.226. The quantitative estimate of drug-likeness (QED) is 0.617. The van der Waals surface area contributed by atoms with Crippen LogP contribution in [0.3, 0.4) is 0 Å². The molecule has 0 aliphatic rings. The molecule has 0 aliphatic carbocycles. The van der Waals surface area contributed by atoms with Crippen molar-refractivity contribution in [3.8, 4) is 0 Å². The van der Waals surface area contributed by atoms with Crippen molar-refractivity contribution in [3.63, 3.8) is 0 Å². The lowest BCUT2D eigenvalue weighted by atomic mass is 10.1. The average Bonchev–Trinajstić information content (AvgIpc) is 2.40. The molecule has 1 aromatic carbocycles. The number of aryl methyl sites for hydroxylation is 1. The summed E-state index contributed by atoms with van der Waals surface area (Å²) in [7, 11) is 0. The van der Waals surface area contributed by atoms with E-state index in [0.29, 0.717) is 0 Å². The van der Waals surface area contributed by atoms with Gasteiger partial charge in [0.2, 0.25) is 5.91 Å². The zero-order valence-electron chi connectivity index (χ0n) is 11.7. The van der Waals surface area contributed by atoms with E-state index in [0.717, 1.165) is 28.2 Å². The first-order valence-electron chi connectivity index (χ1n) is 6.09. The number of hydrogen-bond donors (Lipinski definition) is 2. The first kappa shape index (κ1) is 14.8. The summed E-state index contributed by atoms with van der Waals surface area (Å²) in [6.45, 7) is 13.1. The van der Waals surface area contributed by atoms with E-state index in [-0.39, 0.29) is 5.91 Å². The van der Waals surface area contributed by atoms with E-state index in [1.165, 1.54) is 6.08 Å². The SMILES string of the molecule is C=CC(=O)Nc1cc(C)ccc1N/C(C)=C(\C)C=C. The van der Waals surface area contributed by atoms with Gasteiger partial charge < -0.3 is 10.6 Å². The third-order valence-electron chi connectivity index (χ3n) is 2.84. The summed E-state index contributed by atoms with van der Waals surface area (Å²) >= 11 is 0. The van der Waals surface area contributed by atoms with Crippen LogP contribution < -0.4 is 10.6 Å². The number of carbonyl (C=O) groups excluding carboxylic acids is 1. The maximum Gasteiger partial charge on any atom is 0.247 e. The molecule has 0 fully saturated rings. The maximum absolute atomic E-state index is 11.4. The molecule has 0 spiro atoms. The number of carbonyl (C=O) groups is 1. The highest BCUT2D eigenvalue weighted by atomic mass is 16.1. The summed E-state index contributed by atoms with van der Waals surface area (Å²) in [6, 6.07) is 5.84. The molecule has 0 heterocycles. The topological polar surface area (TPSA) is 41.1 Å². The fraction of sp³-hybridized carbons (Fsp3) is 0.188. The zero-order valence-corrected chi connectivity index (χ0v) is 11.7. The van der Waals surface area contributed by atoms with E-state index in [4.69, 9.17) is 0 Å². The fourth-order valence-corrected chi connectivity index (χ4v) is 1.51. The molecule has 1 aromatic rings. The van der Waals surface area contributed by atoms with Crippen molar-refractivity contribution in [1.82, 2.24) is 0 Å². The number of rotatable bonds is 5. The molecule has 0 radical (unpaired) electrons. The van der Waals surface area contributed by atoms with Crippen LogP contribution in [0.4, 0.5) is 11.4 Å². The Labute approximate surface area is 114 Å². The molecule has 19 heavy (non-hydrogen) atoms. The lowest BCUT2D eigenvalue weighted by molar-refractivity contribution is -0.111. The van der Waals surface area contributed by atoms with Crippen LogP contribution in [0.2, 0.25) is 0 Å². The molecule has 0 unspecified atom stereocenters. The van der Waals surface area contributed by atoms with Crippen LogP contribution in [0.25, 0.3) is 0 Å². The van der Waals surface area contributed by atoms with Crippen molar-refractivity contribution in [2.24, 2.45) is 0 Å². The monoisotopic (exact) mass is 256 g/mol. The smallest absolute Gasteiger partial charge is 0.247 e. The molecule has 0 saturated heterocycles. The van der Waals surface area contributed by atoms with Crippen molar-refractivity contribution in [2.75, 3.05) is 10.6 Å². The predicted octanol–water partition coefficient (Wildman–Crippen LogP) is 4.01. The number of anilines is 2. The molecule has 100 valence electrons. The third kappa shape index (κ3) is 4.14. The summed E-state index contributed by atoms with van der Waals surface area (Å²) in [4.78, 5) is 11.4. The van der Waals surface area contributed by atoms with Gasteiger partial charge in [0.25, 0.3) is 0 Å². The van der Waals surface area contributed by atoms with Crippen molar-refractivity contribution < 1.29 is 4.79 Å². The maximum atomic E-state index is 11.4. The number of hydrogen-bond acceptors (Lipinski definition) is 2. The molecule has 0 bridgehead atoms. The Morgan fingerprint density at radius 1 is 1.11 bits per heavy atom. The number of allylic oxidation sites excluding steroid dienone is 3. The van der Waals surface area contributed by atoms with Gasteiger partial charge >= 0.3 is 0 Å². The van der Waals surface area contributed by atoms with Crippen LogP contribution in [0.5, 0.6) is 0 Å². The van der Waals surface area contributed by atoms with Crippen LogP contribution >= 0.6 is 0 Å². The van der Waals surface area contributed by atoms with E-state index in [1.807, 2.05) is 39.0 Å². The zero-order chi connectivity index (χ0) is 14.4. The van der Waals surface area contributed by atoms with Crippen LogP contribution in [-0.4, -0.2) is 5.91 Å². The Bertz CT molecular complexity index is 542. The van der Waals surface area contributed by atoms with Crippen molar-refractivity contribution >= 4 is 17.3 Å². The Kier molecular flexibility index (Phi) is 5.12. The second-order valence-corrected chi connectivity index (χ2v) is 4.38. The van der Waals surface area contributed by atoms with Crippen LogP contribution in [0, 0.1) is 6.92 Å². The van der Waals surface area contributed by atoms with Gasteiger partial charge in [-0.1, -0.05) is 25.3 Å². The standard InChI is InChI=1S/C16H20N2O/c1-6-12(4)13(5)17-14-9-8-11(3)10-15(14)18-16(19)7-2/h6-10,17H,1-2H2,3-5H3,(H,18,19)/b13-12+. The Morgan fingerprint density at radius 2 is 1.79 bits per heavy atom. The molecular formula is C16H20N2O. The third-order valence-corrected chi connectivity index (χ3v) is 2.84. The van der Waals surface area contributed by atoms with Crippen LogP contribution in [-0.2, 0) is 4.79 Å². The fourth-order valence-electron chi connectivity index (χ4n) is 1.51. The highest BCUT2D eigenvalue weighted by molar-refractivity contribution is 6.01. The van der Waals surface area contributed by atoms with E-state index >= 15 is 0 Å². The van der Waals surface area contributed by atoms with Gasteiger partial charge in [-0.2, -0.15) is 0 Å². The first-order valence-corrected chi connectivity index (χ1v) is 6.09. The van der Waals surface area contributed by atoms with Crippen LogP contribution in [0.1, 0.15) is 19.4 Å². The highest BCUT2D eigenvalue weighted by Crippen LogP contribution is 2.25. The number of amides is 1. The van der Waals surface area contributed by atoms with E-state index < -0.39 is 0 Å². The molecule has 0 aliphatic heterocycles. The summed E-state index contributed by atoms with van der Waals surface area (Å²) < 4.78 is 0. The summed E-state index contributed by atoms with van der Waals surface area (Å²) in [5, 5.41) is 6.07. The van der Waals surface area contributed by atoms with Gasteiger partial charge in [0, 0.05) is 5.70 Å². The van der Waals surface area contributed by atoms with Gasteiger partial charge in [-0.15, -0.1) is 0 Å². The van der Waals surface area contributed by atoms with Gasteiger partial charge in [0.05, 0.1) is 11.4 Å². The largest absolute Gasteiger partial charge is 0.357 e. The van der Waals surface area contributed by atoms with Crippen LogP contribution in [0.15, 0.2) is 54.8 Å². The number of nitrogens with one attached hydrogen (secondary N) is 2. The van der Waals surface area contributed by atoms with Gasteiger partial charge in [0.1, 0.15) is 0 Å². The molecule has 3 heteroatoms. The van der Waals surface area contributed by atoms with E-state index in [9.17, 15) is 4.79 Å². The summed E-state index contributed by atoms with van der Waals surface area (Å²) in [6.07, 6.45) is 3.04. The Balaban J connectivity index is 3.10. The summed E-state index contributed by atoms with van der Waals surface area (Å²) in [5.41, 5.74) is 4.71. The average molecular weight is 256 g/mol. The molecule has 1 amide bonds. The molecule has 3 nitrogen and oxygen atoms in total. The van der Waals surface area contributed by atoms with E-state index in [1.54, 1.807) is 6.08 Å². The molecule has 0 aromatic heterocycles. The molecule has 1 rings (SSSR count). The van der Waals surface area contributed by atoms with Gasteiger partial charge in [0.15, 0.2) is 0 Å². The van der Waals surface area contributed by atoms with Gasteiger partial charge in [-0.05, 0) is 50.1 Å². The molecule has 0 saturated carbocycles. The van der Waals surface area contributed by atoms with Gasteiger partial charge in [-0.25, -0.2) is 0 Å². The minimum absolute atomic E-state index is 0.226. The van der Waals surface area contributed by atoms with Crippen molar-refractivity contribution in [2.45, 2.75) is 20.8 Å². The Morgan fingerprint density at radius 3 is 2.37 bits per heavy atom. The molecule has 2 N–H and O–H groups in total.